The van der Waals surface area contributed by atoms with Gasteiger partial charge in [0.1, 0.15) is 0 Å². The molecule has 1 aliphatic heterocycles. The van der Waals surface area contributed by atoms with E-state index in [4.69, 9.17) is 0 Å². The highest BCUT2D eigenvalue weighted by molar-refractivity contribution is 7.08. The van der Waals surface area contributed by atoms with Crippen LogP contribution in [0.25, 0.3) is 0 Å². The Morgan fingerprint density at radius 1 is 1.33 bits per heavy atom. The molecule has 2 heterocycles. The molecule has 1 atom stereocenters. The number of hydrogen-bond acceptors (Lipinski definition) is 5. The Morgan fingerprint density at radius 3 is 2.78 bits per heavy atom. The molecule has 1 aliphatic rings. The molecule has 9 heteroatoms. The van der Waals surface area contributed by atoms with Crippen molar-refractivity contribution in [1.82, 2.24) is 20.4 Å². The second-order valence-electron chi connectivity index (χ2n) is 6.66. The third-order valence-electron chi connectivity index (χ3n) is 4.61. The molecule has 27 heavy (non-hydrogen) atoms. The van der Waals surface area contributed by atoms with E-state index in [0.29, 0.717) is 38.0 Å². The molecule has 1 saturated heterocycles. The van der Waals surface area contributed by atoms with Gasteiger partial charge in [-0.05, 0) is 24.3 Å². The standard InChI is InChI=1S/C18H26N4O4S/c1-21(16(24)11-20-18(26)14-5-9-27-12-14)7-3-6-19-17(25)13-4-8-22(2)15(23)10-13/h5,9,12-13H,3-4,6-8,10-11H2,1-2H3,(H,19,25)(H,20,26). The van der Waals surface area contributed by atoms with E-state index in [1.54, 1.807) is 35.8 Å². The SMILES string of the molecule is CN(CCCNC(=O)C1CCN(C)C(=O)C1)C(=O)CNC(=O)c1ccsc1. The van der Waals surface area contributed by atoms with Crippen LogP contribution >= 0.6 is 11.3 Å². The summed E-state index contributed by atoms with van der Waals surface area (Å²) >= 11 is 1.42. The Bertz CT molecular complexity index is 677. The van der Waals surface area contributed by atoms with Crippen molar-refractivity contribution in [2.24, 2.45) is 5.92 Å². The van der Waals surface area contributed by atoms with Gasteiger partial charge in [-0.2, -0.15) is 11.3 Å². The molecule has 1 aromatic rings. The Labute approximate surface area is 162 Å². The predicted molar refractivity (Wildman–Crippen MR) is 102 cm³/mol. The molecule has 2 rings (SSSR count). The number of piperidine rings is 1. The lowest BCUT2D eigenvalue weighted by Crippen LogP contribution is -2.43. The molecule has 148 valence electrons. The summed E-state index contributed by atoms with van der Waals surface area (Å²) in [6.07, 6.45) is 1.54. The lowest BCUT2D eigenvalue weighted by atomic mass is 9.95. The van der Waals surface area contributed by atoms with Gasteiger partial charge in [0.05, 0.1) is 6.54 Å². The fourth-order valence-electron chi connectivity index (χ4n) is 2.75. The third kappa shape index (κ3) is 6.35. The molecule has 1 aromatic heterocycles. The summed E-state index contributed by atoms with van der Waals surface area (Å²) in [5, 5.41) is 8.96. The second kappa shape index (κ2) is 10.1. The normalized spacial score (nSPS) is 16.7. The predicted octanol–water partition coefficient (Wildman–Crippen LogP) is 0.311. The number of likely N-dealkylation sites (N-methyl/N-ethyl adjacent to an activating group) is 1. The minimum Gasteiger partial charge on any atom is -0.356 e. The molecular weight excluding hydrogens is 368 g/mol. The summed E-state index contributed by atoms with van der Waals surface area (Å²) < 4.78 is 0. The molecule has 8 nitrogen and oxygen atoms in total. The zero-order chi connectivity index (χ0) is 19.8. The Hall–Kier alpha value is -2.42. The van der Waals surface area contributed by atoms with Gasteiger partial charge >= 0.3 is 0 Å². The van der Waals surface area contributed by atoms with Crippen molar-refractivity contribution in [1.29, 1.82) is 0 Å². The first-order valence-corrected chi connectivity index (χ1v) is 9.88. The smallest absolute Gasteiger partial charge is 0.252 e. The number of hydrogen-bond donors (Lipinski definition) is 2. The minimum absolute atomic E-state index is 0.00349. The molecule has 0 saturated carbocycles. The first kappa shape index (κ1) is 20.9. The maximum absolute atomic E-state index is 12.1. The zero-order valence-corrected chi connectivity index (χ0v) is 16.5. The largest absolute Gasteiger partial charge is 0.356 e. The van der Waals surface area contributed by atoms with Gasteiger partial charge in [-0.3, -0.25) is 19.2 Å². The van der Waals surface area contributed by atoms with Crippen LogP contribution in [-0.2, 0) is 14.4 Å². The van der Waals surface area contributed by atoms with Crippen molar-refractivity contribution in [2.45, 2.75) is 19.3 Å². The average molecular weight is 394 g/mol. The van der Waals surface area contributed by atoms with E-state index >= 15 is 0 Å². The van der Waals surface area contributed by atoms with Gasteiger partial charge in [0.15, 0.2) is 0 Å². The number of carbonyl (C=O) groups excluding carboxylic acids is 4. The first-order chi connectivity index (χ1) is 12.9. The van der Waals surface area contributed by atoms with E-state index in [-0.39, 0.29) is 42.5 Å². The number of likely N-dealkylation sites (tertiary alicyclic amines) is 1. The van der Waals surface area contributed by atoms with Gasteiger partial charge in [-0.25, -0.2) is 0 Å². The Kier molecular flexibility index (Phi) is 7.78. The average Bonchev–Trinajstić information content (AvgIpc) is 3.19. The summed E-state index contributed by atoms with van der Waals surface area (Å²) in [5.74, 6) is -0.825. The minimum atomic E-state index is -0.266. The van der Waals surface area contributed by atoms with Crippen LogP contribution in [0.5, 0.6) is 0 Å². The fourth-order valence-corrected chi connectivity index (χ4v) is 3.39. The van der Waals surface area contributed by atoms with Crippen molar-refractivity contribution in [3.8, 4) is 0 Å². The van der Waals surface area contributed by atoms with Crippen LogP contribution < -0.4 is 10.6 Å². The lowest BCUT2D eigenvalue weighted by Gasteiger charge is -2.28. The van der Waals surface area contributed by atoms with Crippen LogP contribution in [0.1, 0.15) is 29.6 Å². The molecule has 2 N–H and O–H groups in total. The van der Waals surface area contributed by atoms with E-state index in [1.165, 1.54) is 16.2 Å². The Balaban J connectivity index is 1.60. The summed E-state index contributed by atoms with van der Waals surface area (Å²) in [7, 11) is 3.41. The van der Waals surface area contributed by atoms with Gasteiger partial charge in [0, 0.05) is 57.0 Å². The fraction of sp³-hybridized carbons (Fsp3) is 0.556. The van der Waals surface area contributed by atoms with Crippen LogP contribution in [0.2, 0.25) is 0 Å². The van der Waals surface area contributed by atoms with Crippen molar-refractivity contribution in [3.05, 3.63) is 22.4 Å². The maximum atomic E-state index is 12.1. The Morgan fingerprint density at radius 2 is 2.11 bits per heavy atom. The third-order valence-corrected chi connectivity index (χ3v) is 5.29. The molecule has 0 bridgehead atoms. The maximum Gasteiger partial charge on any atom is 0.252 e. The van der Waals surface area contributed by atoms with Crippen molar-refractivity contribution < 1.29 is 19.2 Å². The van der Waals surface area contributed by atoms with Crippen LogP contribution in [0, 0.1) is 5.92 Å². The van der Waals surface area contributed by atoms with Gasteiger partial charge in [0.2, 0.25) is 17.7 Å². The topological polar surface area (TPSA) is 98.8 Å². The van der Waals surface area contributed by atoms with Crippen LogP contribution in [0.4, 0.5) is 0 Å². The summed E-state index contributed by atoms with van der Waals surface area (Å²) in [5.41, 5.74) is 0.547. The number of nitrogens with one attached hydrogen (secondary N) is 2. The van der Waals surface area contributed by atoms with Crippen molar-refractivity contribution in [2.75, 3.05) is 40.3 Å². The zero-order valence-electron chi connectivity index (χ0n) is 15.7. The second-order valence-corrected chi connectivity index (χ2v) is 7.44. The number of rotatable bonds is 8. The quantitative estimate of drug-likeness (QED) is 0.620. The van der Waals surface area contributed by atoms with Gasteiger partial charge in [0.25, 0.3) is 5.91 Å². The van der Waals surface area contributed by atoms with Gasteiger partial charge < -0.3 is 20.4 Å². The number of amides is 4. The van der Waals surface area contributed by atoms with E-state index < -0.39 is 0 Å². The summed E-state index contributed by atoms with van der Waals surface area (Å²) in [6, 6.07) is 1.70. The number of carbonyl (C=O) groups is 4. The number of nitrogens with zero attached hydrogens (tertiary/aromatic N) is 2. The van der Waals surface area contributed by atoms with Crippen LogP contribution in [0.3, 0.4) is 0 Å². The summed E-state index contributed by atoms with van der Waals surface area (Å²) in [6.45, 7) is 1.46. The van der Waals surface area contributed by atoms with Crippen molar-refractivity contribution in [3.63, 3.8) is 0 Å². The van der Waals surface area contributed by atoms with Crippen molar-refractivity contribution >= 4 is 35.0 Å². The highest BCUT2D eigenvalue weighted by Crippen LogP contribution is 2.17. The highest BCUT2D eigenvalue weighted by Gasteiger charge is 2.28. The van der Waals surface area contributed by atoms with E-state index in [0.717, 1.165) is 0 Å². The summed E-state index contributed by atoms with van der Waals surface area (Å²) in [4.78, 5) is 50.8. The van der Waals surface area contributed by atoms with E-state index in [9.17, 15) is 19.2 Å². The molecule has 0 aliphatic carbocycles. The molecule has 0 spiro atoms. The molecule has 0 radical (unpaired) electrons. The lowest BCUT2D eigenvalue weighted by molar-refractivity contribution is -0.139. The molecule has 4 amide bonds. The molecular formula is C18H26N4O4S. The van der Waals surface area contributed by atoms with Crippen LogP contribution in [0.15, 0.2) is 16.8 Å². The molecule has 1 unspecified atom stereocenters. The van der Waals surface area contributed by atoms with Gasteiger partial charge in [-0.1, -0.05) is 0 Å². The van der Waals surface area contributed by atoms with E-state index in [1.807, 2.05) is 0 Å². The molecule has 1 fully saturated rings. The van der Waals surface area contributed by atoms with Crippen LogP contribution in [-0.4, -0.2) is 73.7 Å². The number of thiophene rings is 1. The monoisotopic (exact) mass is 394 g/mol. The van der Waals surface area contributed by atoms with E-state index in [2.05, 4.69) is 10.6 Å². The highest BCUT2D eigenvalue weighted by atomic mass is 32.1. The molecule has 0 aromatic carbocycles. The van der Waals surface area contributed by atoms with Gasteiger partial charge in [-0.15, -0.1) is 0 Å². The first-order valence-electron chi connectivity index (χ1n) is 8.94.